The Kier molecular flexibility index (Phi) is 6.07. The lowest BCUT2D eigenvalue weighted by molar-refractivity contribution is -0.137. The van der Waals surface area contributed by atoms with Crippen molar-refractivity contribution in [3.63, 3.8) is 0 Å². The molecule has 0 heterocycles. The maximum absolute atomic E-state index is 13.4. The fourth-order valence-corrected chi connectivity index (χ4v) is 2.06. The van der Waals surface area contributed by atoms with Gasteiger partial charge in [0.05, 0.1) is 11.4 Å². The predicted molar refractivity (Wildman–Crippen MR) is 73.0 cm³/mol. The quantitative estimate of drug-likeness (QED) is 0.742. The number of aliphatic carboxylic acids is 1. The molecule has 1 aromatic rings. The Balaban J connectivity index is 2.41. The summed E-state index contributed by atoms with van der Waals surface area (Å²) in [7, 11) is 0. The first kappa shape index (κ1) is 15.7. The van der Waals surface area contributed by atoms with Gasteiger partial charge in [-0.15, -0.1) is 11.8 Å². The summed E-state index contributed by atoms with van der Waals surface area (Å²) in [6.07, 6.45) is 0. The lowest BCUT2D eigenvalue weighted by atomic mass is 10.3. The van der Waals surface area contributed by atoms with Crippen LogP contribution in [0.25, 0.3) is 0 Å². The van der Waals surface area contributed by atoms with Crippen molar-refractivity contribution < 1.29 is 19.1 Å². The van der Waals surface area contributed by atoms with Gasteiger partial charge in [0.2, 0.25) is 5.91 Å². The van der Waals surface area contributed by atoms with Crippen molar-refractivity contribution >= 4 is 40.9 Å². The Hall–Kier alpha value is -1.31. The molecule has 0 aliphatic carbocycles. The minimum absolute atomic E-state index is 0.0109. The van der Waals surface area contributed by atoms with Crippen LogP contribution in [0.1, 0.15) is 0 Å². The summed E-state index contributed by atoms with van der Waals surface area (Å²) in [5, 5.41) is 11.1. The molecule has 0 unspecified atom stereocenters. The van der Waals surface area contributed by atoms with Gasteiger partial charge >= 0.3 is 5.97 Å². The van der Waals surface area contributed by atoms with Crippen LogP contribution >= 0.6 is 23.4 Å². The number of carboxylic acid groups (broad SMARTS) is 1. The van der Waals surface area contributed by atoms with Gasteiger partial charge in [-0.05, 0) is 18.2 Å². The summed E-state index contributed by atoms with van der Waals surface area (Å²) in [6, 6.07) is 2.87. The molecule has 0 saturated carbocycles. The lowest BCUT2D eigenvalue weighted by Crippen LogP contribution is -2.33. The smallest absolute Gasteiger partial charge is 0.321 e. The molecule has 0 fully saturated rings. The molecule has 1 aromatic carbocycles. The standard InChI is InChI=1S/C11H12ClFN2O3S/c12-6-1-2-9(7(13)3-6)15-10(16)5-19-4-8(14)11(17)18/h1-3,8H,4-5,14H2,(H,15,16)(H,17,18)/t8-/m0/s1. The minimum Gasteiger partial charge on any atom is -0.480 e. The first-order valence-corrected chi connectivity index (χ1v) is 6.74. The number of hydrogen-bond donors (Lipinski definition) is 3. The zero-order valence-electron chi connectivity index (χ0n) is 9.73. The van der Waals surface area contributed by atoms with Crippen molar-refractivity contribution in [2.45, 2.75) is 6.04 Å². The van der Waals surface area contributed by atoms with Crippen LogP contribution < -0.4 is 11.1 Å². The second kappa shape index (κ2) is 7.32. The minimum atomic E-state index is -1.13. The number of anilines is 1. The summed E-state index contributed by atoms with van der Waals surface area (Å²) in [5.74, 6) is -2.11. The summed E-state index contributed by atoms with van der Waals surface area (Å²) in [5.41, 5.74) is 5.29. The highest BCUT2D eigenvalue weighted by Crippen LogP contribution is 2.19. The predicted octanol–water partition coefficient (Wildman–Crippen LogP) is 1.56. The van der Waals surface area contributed by atoms with Gasteiger partial charge in [-0.3, -0.25) is 9.59 Å². The number of carbonyl (C=O) groups is 2. The Bertz CT molecular complexity index is 487. The second-order valence-corrected chi connectivity index (χ2v) is 5.10. The van der Waals surface area contributed by atoms with E-state index in [0.717, 1.165) is 17.8 Å². The molecule has 0 aliphatic heterocycles. The van der Waals surface area contributed by atoms with Gasteiger partial charge in [0.25, 0.3) is 0 Å². The van der Waals surface area contributed by atoms with E-state index in [-0.39, 0.29) is 22.2 Å². The number of carbonyl (C=O) groups excluding carboxylic acids is 1. The van der Waals surface area contributed by atoms with Crippen molar-refractivity contribution in [1.82, 2.24) is 0 Å². The van der Waals surface area contributed by atoms with Crippen LogP contribution in [0, 0.1) is 5.82 Å². The maximum Gasteiger partial charge on any atom is 0.321 e. The topological polar surface area (TPSA) is 92.4 Å². The molecule has 0 aromatic heterocycles. The fourth-order valence-electron chi connectivity index (χ4n) is 1.13. The van der Waals surface area contributed by atoms with E-state index in [1.54, 1.807) is 0 Å². The van der Waals surface area contributed by atoms with E-state index in [1.807, 2.05) is 0 Å². The van der Waals surface area contributed by atoms with Gasteiger partial charge in [-0.1, -0.05) is 11.6 Å². The third-order valence-electron chi connectivity index (χ3n) is 2.05. The fraction of sp³-hybridized carbons (Fsp3) is 0.273. The zero-order valence-corrected chi connectivity index (χ0v) is 11.3. The third kappa shape index (κ3) is 5.46. The van der Waals surface area contributed by atoms with Crippen LogP contribution in [-0.4, -0.2) is 34.5 Å². The van der Waals surface area contributed by atoms with E-state index in [1.165, 1.54) is 12.1 Å². The number of amides is 1. The first-order valence-electron chi connectivity index (χ1n) is 5.21. The molecule has 19 heavy (non-hydrogen) atoms. The van der Waals surface area contributed by atoms with E-state index < -0.39 is 23.7 Å². The number of carboxylic acids is 1. The number of hydrogen-bond acceptors (Lipinski definition) is 4. The van der Waals surface area contributed by atoms with E-state index >= 15 is 0 Å². The van der Waals surface area contributed by atoms with Gasteiger partial charge in [0.15, 0.2) is 0 Å². The monoisotopic (exact) mass is 306 g/mol. The summed E-state index contributed by atoms with van der Waals surface area (Å²) >= 11 is 6.63. The molecule has 1 atom stereocenters. The van der Waals surface area contributed by atoms with Gasteiger partial charge in [0.1, 0.15) is 11.9 Å². The summed E-state index contributed by atoms with van der Waals surface area (Å²) in [4.78, 5) is 21.9. The van der Waals surface area contributed by atoms with E-state index in [2.05, 4.69) is 5.32 Å². The van der Waals surface area contributed by atoms with Gasteiger partial charge in [0, 0.05) is 10.8 Å². The molecule has 1 rings (SSSR count). The normalized spacial score (nSPS) is 11.9. The highest BCUT2D eigenvalue weighted by molar-refractivity contribution is 8.00. The largest absolute Gasteiger partial charge is 0.480 e. The van der Waals surface area contributed by atoms with E-state index in [0.29, 0.717) is 0 Å². The van der Waals surface area contributed by atoms with Crippen molar-refractivity contribution in [2.24, 2.45) is 5.73 Å². The Labute approximate surface area is 118 Å². The SMILES string of the molecule is N[C@@H](CSCC(=O)Nc1ccc(Cl)cc1F)C(=O)O. The molecule has 0 saturated heterocycles. The van der Waals surface area contributed by atoms with Crippen LogP contribution in [0.3, 0.4) is 0 Å². The molecule has 4 N–H and O–H groups in total. The number of thioether (sulfide) groups is 1. The molecule has 0 bridgehead atoms. The molecule has 0 spiro atoms. The van der Waals surface area contributed by atoms with Crippen molar-refractivity contribution in [2.75, 3.05) is 16.8 Å². The zero-order chi connectivity index (χ0) is 14.4. The number of rotatable bonds is 6. The molecule has 5 nitrogen and oxygen atoms in total. The molecule has 0 radical (unpaired) electrons. The van der Waals surface area contributed by atoms with Gasteiger partial charge < -0.3 is 16.2 Å². The Morgan fingerprint density at radius 1 is 1.53 bits per heavy atom. The van der Waals surface area contributed by atoms with Crippen molar-refractivity contribution in [3.05, 3.63) is 29.0 Å². The molecule has 8 heteroatoms. The molecule has 1 amide bonds. The summed E-state index contributed by atoms with van der Waals surface area (Å²) < 4.78 is 13.4. The number of nitrogens with one attached hydrogen (secondary N) is 1. The highest BCUT2D eigenvalue weighted by Gasteiger charge is 2.13. The average Bonchev–Trinajstić information content (AvgIpc) is 2.32. The van der Waals surface area contributed by atoms with Crippen LogP contribution in [0.15, 0.2) is 18.2 Å². The van der Waals surface area contributed by atoms with Crippen molar-refractivity contribution in [1.29, 1.82) is 0 Å². The van der Waals surface area contributed by atoms with Crippen molar-refractivity contribution in [3.8, 4) is 0 Å². The van der Waals surface area contributed by atoms with Crippen LogP contribution in [0.4, 0.5) is 10.1 Å². The maximum atomic E-state index is 13.4. The average molecular weight is 307 g/mol. The molecule has 0 aliphatic rings. The molecular formula is C11H12ClFN2O3S. The van der Waals surface area contributed by atoms with E-state index in [4.69, 9.17) is 22.4 Å². The van der Waals surface area contributed by atoms with Crippen LogP contribution in [0.2, 0.25) is 5.02 Å². The Morgan fingerprint density at radius 3 is 2.79 bits per heavy atom. The second-order valence-electron chi connectivity index (χ2n) is 3.63. The van der Waals surface area contributed by atoms with Crippen LogP contribution in [0.5, 0.6) is 0 Å². The van der Waals surface area contributed by atoms with Gasteiger partial charge in [-0.2, -0.15) is 0 Å². The third-order valence-corrected chi connectivity index (χ3v) is 3.35. The highest BCUT2D eigenvalue weighted by atomic mass is 35.5. The lowest BCUT2D eigenvalue weighted by Gasteiger charge is -2.08. The number of benzene rings is 1. The number of nitrogens with two attached hydrogens (primary N) is 1. The molecular weight excluding hydrogens is 295 g/mol. The van der Waals surface area contributed by atoms with Gasteiger partial charge in [-0.25, -0.2) is 4.39 Å². The first-order chi connectivity index (χ1) is 8.90. The summed E-state index contributed by atoms with van der Waals surface area (Å²) in [6.45, 7) is 0. The number of halogens is 2. The molecule has 104 valence electrons. The van der Waals surface area contributed by atoms with E-state index in [9.17, 15) is 14.0 Å². The van der Waals surface area contributed by atoms with Crippen LogP contribution in [-0.2, 0) is 9.59 Å². The Morgan fingerprint density at radius 2 is 2.21 bits per heavy atom.